The summed E-state index contributed by atoms with van der Waals surface area (Å²) in [5, 5.41) is 16.4. The first-order valence-corrected chi connectivity index (χ1v) is 6.11. The molecule has 0 bridgehead atoms. The Morgan fingerprint density at radius 2 is 2.26 bits per heavy atom. The summed E-state index contributed by atoms with van der Waals surface area (Å²) in [7, 11) is 0. The summed E-state index contributed by atoms with van der Waals surface area (Å²) in [6.07, 6.45) is 1.52. The third-order valence-corrected chi connectivity index (χ3v) is 2.70. The maximum absolute atomic E-state index is 12.1. The van der Waals surface area contributed by atoms with E-state index in [1.807, 2.05) is 0 Å². The molecule has 0 aliphatic rings. The minimum atomic E-state index is -0.932. The van der Waals surface area contributed by atoms with E-state index in [-0.39, 0.29) is 18.1 Å². The van der Waals surface area contributed by atoms with Crippen LogP contribution in [0.5, 0.6) is 0 Å². The number of carboxylic acids is 1. The molecule has 0 saturated heterocycles. The number of aliphatic carboxylic acids is 1. The summed E-state index contributed by atoms with van der Waals surface area (Å²) in [5.41, 5.74) is 5.58. The van der Waals surface area contributed by atoms with E-state index in [0.717, 1.165) is 0 Å². The first-order chi connectivity index (χ1) is 8.99. The Morgan fingerprint density at radius 3 is 2.79 bits per heavy atom. The van der Waals surface area contributed by atoms with Gasteiger partial charge in [-0.05, 0) is 6.92 Å². The number of carbonyl (C=O) groups is 2. The number of nitrogens with two attached hydrogens (primary N) is 1. The van der Waals surface area contributed by atoms with Crippen molar-refractivity contribution in [2.24, 2.45) is 11.7 Å². The van der Waals surface area contributed by atoms with Crippen LogP contribution in [-0.2, 0) is 11.3 Å². The molecule has 0 saturated carbocycles. The second-order valence-electron chi connectivity index (χ2n) is 4.24. The maximum atomic E-state index is 12.1. The first-order valence-electron chi connectivity index (χ1n) is 6.11. The highest BCUT2D eigenvalue weighted by Gasteiger charge is 2.22. The van der Waals surface area contributed by atoms with Crippen LogP contribution in [0.2, 0.25) is 0 Å². The van der Waals surface area contributed by atoms with Gasteiger partial charge in [0.25, 0.3) is 5.91 Å². The predicted molar refractivity (Wildman–Crippen MR) is 67.5 cm³/mol. The van der Waals surface area contributed by atoms with Gasteiger partial charge >= 0.3 is 5.97 Å². The van der Waals surface area contributed by atoms with Gasteiger partial charge in [0, 0.05) is 19.6 Å². The van der Waals surface area contributed by atoms with Crippen molar-refractivity contribution in [1.29, 1.82) is 0 Å². The van der Waals surface area contributed by atoms with Crippen molar-refractivity contribution >= 4 is 11.9 Å². The lowest BCUT2D eigenvalue weighted by atomic mass is 10.1. The number of carbonyl (C=O) groups excluding carboxylic acids is 1. The molecule has 8 nitrogen and oxygen atoms in total. The summed E-state index contributed by atoms with van der Waals surface area (Å²) in [4.78, 5) is 24.4. The summed E-state index contributed by atoms with van der Waals surface area (Å²) < 4.78 is 1.49. The van der Waals surface area contributed by atoms with E-state index in [0.29, 0.717) is 19.6 Å². The molecule has 0 aliphatic heterocycles. The molecular weight excluding hydrogens is 250 g/mol. The first kappa shape index (κ1) is 15.1. The van der Waals surface area contributed by atoms with E-state index < -0.39 is 11.9 Å². The van der Waals surface area contributed by atoms with Gasteiger partial charge in [-0.2, -0.15) is 0 Å². The smallest absolute Gasteiger partial charge is 0.308 e. The predicted octanol–water partition coefficient (Wildman–Crippen LogP) is -0.580. The Balaban J connectivity index is 2.74. The van der Waals surface area contributed by atoms with Gasteiger partial charge in [-0.1, -0.05) is 12.1 Å². The average molecular weight is 269 g/mol. The minimum absolute atomic E-state index is 0.147. The molecule has 1 aromatic heterocycles. The van der Waals surface area contributed by atoms with Gasteiger partial charge in [0.05, 0.1) is 18.7 Å². The molecule has 19 heavy (non-hydrogen) atoms. The number of hydrogen-bond acceptors (Lipinski definition) is 5. The fraction of sp³-hybridized carbons (Fsp3) is 0.636. The number of rotatable bonds is 7. The Hall–Kier alpha value is -1.96. The summed E-state index contributed by atoms with van der Waals surface area (Å²) in [5.74, 6) is -1.88. The molecule has 0 radical (unpaired) electrons. The van der Waals surface area contributed by atoms with Crippen molar-refractivity contribution in [3.8, 4) is 0 Å². The Labute approximate surface area is 111 Å². The molecule has 1 heterocycles. The van der Waals surface area contributed by atoms with Crippen molar-refractivity contribution < 1.29 is 14.7 Å². The van der Waals surface area contributed by atoms with Gasteiger partial charge in [0.2, 0.25) is 0 Å². The van der Waals surface area contributed by atoms with Crippen LogP contribution in [0, 0.1) is 5.92 Å². The Bertz CT molecular complexity index is 445. The molecule has 0 spiro atoms. The van der Waals surface area contributed by atoms with Crippen molar-refractivity contribution in [2.75, 3.05) is 19.6 Å². The van der Waals surface area contributed by atoms with Gasteiger partial charge < -0.3 is 15.7 Å². The molecule has 0 aromatic carbocycles. The second kappa shape index (κ2) is 6.83. The van der Waals surface area contributed by atoms with Crippen LogP contribution in [0.1, 0.15) is 24.3 Å². The van der Waals surface area contributed by atoms with Crippen LogP contribution in [0.25, 0.3) is 0 Å². The number of carboxylic acid groups (broad SMARTS) is 1. The fourth-order valence-corrected chi connectivity index (χ4v) is 1.56. The van der Waals surface area contributed by atoms with E-state index >= 15 is 0 Å². The zero-order valence-electron chi connectivity index (χ0n) is 11.1. The molecule has 1 rings (SSSR count). The van der Waals surface area contributed by atoms with Gasteiger partial charge in [-0.15, -0.1) is 5.10 Å². The molecule has 0 aliphatic carbocycles. The lowest BCUT2D eigenvalue weighted by Crippen LogP contribution is -2.37. The van der Waals surface area contributed by atoms with Crippen molar-refractivity contribution in [2.45, 2.75) is 20.4 Å². The highest BCUT2D eigenvalue weighted by atomic mass is 16.4. The quantitative estimate of drug-likeness (QED) is 0.684. The zero-order chi connectivity index (χ0) is 14.4. The van der Waals surface area contributed by atoms with E-state index in [1.54, 1.807) is 13.8 Å². The number of hydrogen-bond donors (Lipinski definition) is 2. The lowest BCUT2D eigenvalue weighted by molar-refractivity contribution is -0.141. The molecule has 8 heteroatoms. The van der Waals surface area contributed by atoms with Crippen LogP contribution in [0.4, 0.5) is 0 Å². The van der Waals surface area contributed by atoms with Gasteiger partial charge in [-0.3, -0.25) is 14.3 Å². The zero-order valence-corrected chi connectivity index (χ0v) is 11.1. The SMILES string of the molecule is CCN(CC(C)C(=O)O)C(=O)c1cn(CCN)nn1. The highest BCUT2D eigenvalue weighted by molar-refractivity contribution is 5.92. The monoisotopic (exact) mass is 269 g/mol. The highest BCUT2D eigenvalue weighted by Crippen LogP contribution is 2.05. The average Bonchev–Trinajstić information content (AvgIpc) is 2.83. The third kappa shape index (κ3) is 4.02. The number of nitrogens with zero attached hydrogens (tertiary/aromatic N) is 4. The molecule has 3 N–H and O–H groups in total. The molecule has 106 valence electrons. The van der Waals surface area contributed by atoms with Crippen LogP contribution in [0.3, 0.4) is 0 Å². The Kier molecular flexibility index (Phi) is 5.43. The second-order valence-corrected chi connectivity index (χ2v) is 4.24. The molecular formula is C11H19N5O3. The van der Waals surface area contributed by atoms with Crippen molar-refractivity contribution in [3.05, 3.63) is 11.9 Å². The minimum Gasteiger partial charge on any atom is -0.481 e. The van der Waals surface area contributed by atoms with E-state index in [9.17, 15) is 9.59 Å². The van der Waals surface area contributed by atoms with E-state index in [1.165, 1.54) is 15.8 Å². The fourth-order valence-electron chi connectivity index (χ4n) is 1.56. The van der Waals surface area contributed by atoms with E-state index in [4.69, 9.17) is 10.8 Å². The summed E-state index contributed by atoms with van der Waals surface area (Å²) >= 11 is 0. The number of amides is 1. The van der Waals surface area contributed by atoms with Gasteiger partial charge in [0.15, 0.2) is 5.69 Å². The molecule has 1 amide bonds. The van der Waals surface area contributed by atoms with Crippen LogP contribution < -0.4 is 5.73 Å². The van der Waals surface area contributed by atoms with Crippen LogP contribution in [-0.4, -0.2) is 56.5 Å². The topological polar surface area (TPSA) is 114 Å². The third-order valence-electron chi connectivity index (χ3n) is 2.70. The van der Waals surface area contributed by atoms with Crippen molar-refractivity contribution in [3.63, 3.8) is 0 Å². The summed E-state index contributed by atoms with van der Waals surface area (Å²) in [6, 6.07) is 0. The van der Waals surface area contributed by atoms with Crippen LogP contribution >= 0.6 is 0 Å². The van der Waals surface area contributed by atoms with Gasteiger partial charge in [-0.25, -0.2) is 0 Å². The molecule has 1 atom stereocenters. The lowest BCUT2D eigenvalue weighted by Gasteiger charge is -2.21. The summed E-state index contributed by atoms with van der Waals surface area (Å²) in [6.45, 7) is 4.80. The van der Waals surface area contributed by atoms with Crippen LogP contribution in [0.15, 0.2) is 6.20 Å². The van der Waals surface area contributed by atoms with E-state index in [2.05, 4.69) is 10.3 Å². The normalized spacial score (nSPS) is 12.2. The van der Waals surface area contributed by atoms with Gasteiger partial charge in [0.1, 0.15) is 0 Å². The molecule has 0 fully saturated rings. The maximum Gasteiger partial charge on any atom is 0.308 e. The standard InChI is InChI=1S/C11H19N5O3/c1-3-15(6-8(2)11(18)19)10(17)9-7-16(5-4-12)14-13-9/h7-8H,3-6,12H2,1-2H3,(H,18,19). The molecule has 1 aromatic rings. The Morgan fingerprint density at radius 1 is 1.58 bits per heavy atom. The van der Waals surface area contributed by atoms with Crippen molar-refractivity contribution in [1.82, 2.24) is 19.9 Å². The number of aromatic nitrogens is 3. The molecule has 1 unspecified atom stereocenters. The largest absolute Gasteiger partial charge is 0.481 e.